The zero-order chi connectivity index (χ0) is 10.7. The number of methoxy groups -OCH3 is 1. The molecule has 1 atom stereocenters. The fraction of sp³-hybridized carbons (Fsp3) is 0.300. The Morgan fingerprint density at radius 1 is 1.57 bits per heavy atom. The summed E-state index contributed by atoms with van der Waals surface area (Å²) in [5.41, 5.74) is 0.973. The fourth-order valence-electron chi connectivity index (χ4n) is 1.11. The monoisotopic (exact) mass is 214 g/mol. The van der Waals surface area contributed by atoms with Gasteiger partial charge < -0.3 is 9.84 Å². The Balaban J connectivity index is 3.06. The van der Waals surface area contributed by atoms with Gasteiger partial charge in [-0.25, -0.2) is 4.79 Å². The molecule has 14 heavy (non-hydrogen) atoms. The molecular weight excluding hydrogens is 204 g/mol. The fourth-order valence-corrected chi connectivity index (χ4v) is 1.45. The normalized spacial score (nSPS) is 12.3. The van der Waals surface area contributed by atoms with Crippen LogP contribution in [-0.4, -0.2) is 18.2 Å². The molecule has 0 fully saturated rings. The molecule has 1 aromatic rings. The van der Waals surface area contributed by atoms with E-state index in [1.54, 1.807) is 19.1 Å². The summed E-state index contributed by atoms with van der Waals surface area (Å²) in [7, 11) is 1.30. The van der Waals surface area contributed by atoms with Crippen LogP contribution < -0.4 is 0 Å². The highest BCUT2D eigenvalue weighted by Crippen LogP contribution is 2.23. The molecule has 0 aliphatic heterocycles. The number of ether oxygens (including phenoxy) is 1. The van der Waals surface area contributed by atoms with E-state index < -0.39 is 12.1 Å². The molecule has 3 nitrogen and oxygen atoms in total. The molecule has 76 valence electrons. The van der Waals surface area contributed by atoms with Gasteiger partial charge in [0.15, 0.2) is 0 Å². The minimum atomic E-state index is -0.644. The van der Waals surface area contributed by atoms with Crippen molar-refractivity contribution < 1.29 is 14.6 Å². The van der Waals surface area contributed by atoms with Crippen LogP contribution in [0.2, 0.25) is 5.02 Å². The molecule has 0 unspecified atom stereocenters. The lowest BCUT2D eigenvalue weighted by atomic mass is 10.1. The predicted molar refractivity (Wildman–Crippen MR) is 53.4 cm³/mol. The van der Waals surface area contributed by atoms with Crippen molar-refractivity contribution in [2.24, 2.45) is 0 Å². The van der Waals surface area contributed by atoms with Crippen molar-refractivity contribution in [3.8, 4) is 0 Å². The van der Waals surface area contributed by atoms with Crippen molar-refractivity contribution in [1.29, 1.82) is 0 Å². The van der Waals surface area contributed by atoms with E-state index >= 15 is 0 Å². The largest absolute Gasteiger partial charge is 0.465 e. The number of carbonyl (C=O) groups excluding carboxylic acids is 1. The predicted octanol–water partition coefficient (Wildman–Crippen LogP) is 2.18. The van der Waals surface area contributed by atoms with Gasteiger partial charge in [-0.3, -0.25) is 0 Å². The third-order valence-electron chi connectivity index (χ3n) is 1.87. The number of hydrogen-bond acceptors (Lipinski definition) is 3. The molecule has 1 rings (SSSR count). The van der Waals surface area contributed by atoms with Gasteiger partial charge in [0.1, 0.15) is 0 Å². The van der Waals surface area contributed by atoms with E-state index in [-0.39, 0.29) is 0 Å². The molecule has 0 heterocycles. The highest BCUT2D eigenvalue weighted by molar-refractivity contribution is 6.31. The van der Waals surface area contributed by atoms with E-state index in [1.165, 1.54) is 13.2 Å². The highest BCUT2D eigenvalue weighted by atomic mass is 35.5. The third-order valence-corrected chi connectivity index (χ3v) is 2.20. The minimum Gasteiger partial charge on any atom is -0.465 e. The first kappa shape index (κ1) is 11.0. The van der Waals surface area contributed by atoms with Crippen molar-refractivity contribution in [1.82, 2.24) is 0 Å². The van der Waals surface area contributed by atoms with Crippen molar-refractivity contribution >= 4 is 17.6 Å². The van der Waals surface area contributed by atoms with E-state index in [1.807, 2.05) is 0 Å². The van der Waals surface area contributed by atoms with Crippen LogP contribution in [-0.2, 0) is 4.74 Å². The Kier molecular flexibility index (Phi) is 3.49. The lowest BCUT2D eigenvalue weighted by molar-refractivity contribution is 0.0600. The summed E-state index contributed by atoms with van der Waals surface area (Å²) < 4.78 is 4.53. The molecule has 1 aromatic carbocycles. The standard InChI is InChI=1S/C10H11ClO3/c1-6(12)8-4-3-7(5-9(8)11)10(13)14-2/h3-6,12H,1-2H3/t6-/m0/s1. The van der Waals surface area contributed by atoms with Crippen molar-refractivity contribution in [3.63, 3.8) is 0 Å². The zero-order valence-electron chi connectivity index (χ0n) is 7.95. The van der Waals surface area contributed by atoms with Crippen LogP contribution in [0.1, 0.15) is 28.9 Å². The Morgan fingerprint density at radius 3 is 2.64 bits per heavy atom. The SMILES string of the molecule is COC(=O)c1ccc([C@H](C)O)c(Cl)c1. The lowest BCUT2D eigenvalue weighted by Crippen LogP contribution is -2.02. The number of aliphatic hydroxyl groups excluding tert-OH is 1. The molecule has 0 aromatic heterocycles. The van der Waals surface area contributed by atoms with Gasteiger partial charge in [0, 0.05) is 5.02 Å². The molecule has 4 heteroatoms. The summed E-state index contributed by atoms with van der Waals surface area (Å²) in [4.78, 5) is 11.1. The van der Waals surface area contributed by atoms with E-state index in [0.29, 0.717) is 16.1 Å². The number of benzene rings is 1. The van der Waals surface area contributed by atoms with Crippen molar-refractivity contribution in [3.05, 3.63) is 34.3 Å². The zero-order valence-corrected chi connectivity index (χ0v) is 8.71. The first-order valence-electron chi connectivity index (χ1n) is 4.12. The molecule has 1 N–H and O–H groups in total. The number of esters is 1. The van der Waals surface area contributed by atoms with Crippen LogP contribution in [0.15, 0.2) is 18.2 Å². The summed E-state index contributed by atoms with van der Waals surface area (Å²) in [6.45, 7) is 1.61. The van der Waals surface area contributed by atoms with Gasteiger partial charge in [0.05, 0.1) is 18.8 Å². The van der Waals surface area contributed by atoms with E-state index in [2.05, 4.69) is 4.74 Å². The maximum absolute atomic E-state index is 11.1. The first-order chi connectivity index (χ1) is 6.56. The number of hydrogen-bond donors (Lipinski definition) is 1. The topological polar surface area (TPSA) is 46.5 Å². The molecule has 0 radical (unpaired) electrons. The average Bonchev–Trinajstić information content (AvgIpc) is 2.15. The number of halogens is 1. The van der Waals surface area contributed by atoms with Gasteiger partial charge in [0.2, 0.25) is 0 Å². The Bertz CT molecular complexity index is 347. The molecule has 0 aliphatic rings. The second kappa shape index (κ2) is 4.44. The van der Waals surface area contributed by atoms with Crippen LogP contribution in [0.3, 0.4) is 0 Å². The summed E-state index contributed by atoms with van der Waals surface area (Å²) >= 11 is 5.86. The Hall–Kier alpha value is -1.06. The van der Waals surface area contributed by atoms with Gasteiger partial charge in [-0.2, -0.15) is 0 Å². The van der Waals surface area contributed by atoms with Gasteiger partial charge >= 0.3 is 5.97 Å². The molecule has 0 saturated carbocycles. The smallest absolute Gasteiger partial charge is 0.337 e. The Morgan fingerprint density at radius 2 is 2.21 bits per heavy atom. The lowest BCUT2D eigenvalue weighted by Gasteiger charge is -2.08. The molecule has 0 aliphatic carbocycles. The summed E-state index contributed by atoms with van der Waals surface area (Å²) in [5.74, 6) is -0.441. The molecule has 0 bridgehead atoms. The molecule has 0 amide bonds. The maximum Gasteiger partial charge on any atom is 0.337 e. The maximum atomic E-state index is 11.1. The van der Waals surface area contributed by atoms with E-state index in [0.717, 1.165) is 0 Å². The Labute approximate surface area is 87.3 Å². The van der Waals surface area contributed by atoms with Gasteiger partial charge in [-0.15, -0.1) is 0 Å². The number of aliphatic hydroxyl groups is 1. The minimum absolute atomic E-state index is 0.364. The van der Waals surface area contributed by atoms with Gasteiger partial charge in [-0.05, 0) is 24.6 Å². The second-order valence-electron chi connectivity index (χ2n) is 2.90. The van der Waals surface area contributed by atoms with Gasteiger partial charge in [-0.1, -0.05) is 17.7 Å². The van der Waals surface area contributed by atoms with E-state index in [9.17, 15) is 9.90 Å². The second-order valence-corrected chi connectivity index (χ2v) is 3.31. The van der Waals surface area contributed by atoms with Crippen molar-refractivity contribution in [2.75, 3.05) is 7.11 Å². The molecular formula is C10H11ClO3. The number of carbonyl (C=O) groups is 1. The van der Waals surface area contributed by atoms with Gasteiger partial charge in [0.25, 0.3) is 0 Å². The quantitative estimate of drug-likeness (QED) is 0.768. The van der Waals surface area contributed by atoms with Crippen LogP contribution in [0.25, 0.3) is 0 Å². The summed E-state index contributed by atoms with van der Waals surface area (Å²) in [6.07, 6.45) is -0.644. The first-order valence-corrected chi connectivity index (χ1v) is 4.50. The molecule has 0 saturated heterocycles. The highest BCUT2D eigenvalue weighted by Gasteiger charge is 2.10. The molecule has 0 spiro atoms. The average molecular weight is 215 g/mol. The van der Waals surface area contributed by atoms with Crippen molar-refractivity contribution in [2.45, 2.75) is 13.0 Å². The number of rotatable bonds is 2. The third kappa shape index (κ3) is 2.25. The van der Waals surface area contributed by atoms with Crippen LogP contribution in [0.5, 0.6) is 0 Å². The van der Waals surface area contributed by atoms with Crippen LogP contribution in [0, 0.1) is 0 Å². The van der Waals surface area contributed by atoms with Crippen LogP contribution in [0.4, 0.5) is 0 Å². The summed E-state index contributed by atoms with van der Waals surface area (Å²) in [5, 5.41) is 9.65. The van der Waals surface area contributed by atoms with E-state index in [4.69, 9.17) is 11.6 Å². The summed E-state index contributed by atoms with van der Waals surface area (Å²) in [6, 6.07) is 4.66. The van der Waals surface area contributed by atoms with Crippen LogP contribution >= 0.6 is 11.6 Å².